The van der Waals surface area contributed by atoms with Crippen LogP contribution in [0, 0.1) is 5.92 Å². The predicted octanol–water partition coefficient (Wildman–Crippen LogP) is 0.621. The number of ether oxygens (including phenoxy) is 2. The minimum absolute atomic E-state index is 0.523. The molecule has 0 aromatic heterocycles. The number of likely N-dealkylation sites (tertiary alicyclic amines) is 1. The number of rotatable bonds is 9. The van der Waals surface area contributed by atoms with Crippen molar-refractivity contribution in [2.75, 3.05) is 79.8 Å². The molecule has 2 aliphatic heterocycles. The van der Waals surface area contributed by atoms with Crippen LogP contribution in [-0.2, 0) is 9.47 Å². The summed E-state index contributed by atoms with van der Waals surface area (Å²) in [5.74, 6) is 1.53. The summed E-state index contributed by atoms with van der Waals surface area (Å²) >= 11 is 0. The van der Waals surface area contributed by atoms with Crippen molar-refractivity contribution in [2.45, 2.75) is 32.2 Å². The molecule has 152 valence electrons. The molecule has 0 amide bonds. The number of hydrogen-bond donors (Lipinski definition) is 2. The molecule has 7 nitrogen and oxygen atoms in total. The molecule has 0 aliphatic carbocycles. The van der Waals surface area contributed by atoms with Crippen LogP contribution < -0.4 is 10.6 Å². The van der Waals surface area contributed by atoms with Crippen molar-refractivity contribution >= 4 is 5.96 Å². The summed E-state index contributed by atoms with van der Waals surface area (Å²) in [6.07, 6.45) is 3.48. The third-order valence-corrected chi connectivity index (χ3v) is 5.27. The van der Waals surface area contributed by atoms with Gasteiger partial charge in [0, 0.05) is 72.6 Å². The van der Waals surface area contributed by atoms with Gasteiger partial charge in [0.1, 0.15) is 0 Å². The van der Waals surface area contributed by atoms with Crippen molar-refractivity contribution in [3.63, 3.8) is 0 Å². The van der Waals surface area contributed by atoms with E-state index in [9.17, 15) is 0 Å². The number of hydrogen-bond acceptors (Lipinski definition) is 5. The molecule has 0 saturated carbocycles. The second kappa shape index (κ2) is 12.5. The van der Waals surface area contributed by atoms with E-state index in [0.717, 1.165) is 78.0 Å². The average molecular weight is 370 g/mol. The van der Waals surface area contributed by atoms with E-state index >= 15 is 0 Å². The van der Waals surface area contributed by atoms with Crippen molar-refractivity contribution in [1.82, 2.24) is 20.4 Å². The highest BCUT2D eigenvalue weighted by Gasteiger charge is 2.20. The highest BCUT2D eigenvalue weighted by atomic mass is 16.5. The quantitative estimate of drug-likeness (QED) is 0.353. The molecule has 0 aromatic rings. The third kappa shape index (κ3) is 8.20. The van der Waals surface area contributed by atoms with Crippen molar-refractivity contribution in [3.8, 4) is 0 Å². The lowest BCUT2D eigenvalue weighted by Crippen LogP contribution is -2.50. The first-order chi connectivity index (χ1) is 12.7. The molecule has 1 atom stereocenters. The predicted molar refractivity (Wildman–Crippen MR) is 107 cm³/mol. The molecule has 26 heavy (non-hydrogen) atoms. The van der Waals surface area contributed by atoms with E-state index in [2.05, 4.69) is 32.3 Å². The molecule has 0 radical (unpaired) electrons. The fraction of sp³-hybridized carbons (Fsp3) is 0.947. The monoisotopic (exact) mass is 369 g/mol. The zero-order valence-corrected chi connectivity index (χ0v) is 17.0. The molecule has 0 aromatic carbocycles. The van der Waals surface area contributed by atoms with E-state index in [0.29, 0.717) is 12.0 Å². The van der Waals surface area contributed by atoms with Gasteiger partial charge in [0.2, 0.25) is 0 Å². The SMILES string of the molecule is CN=C(NCC(C)CN1CCOCC1)NC1CCN(CCCOC)CC1. The Hall–Kier alpha value is -0.890. The van der Waals surface area contributed by atoms with Crippen LogP contribution in [0.15, 0.2) is 4.99 Å². The minimum atomic E-state index is 0.523. The lowest BCUT2D eigenvalue weighted by molar-refractivity contribution is 0.0320. The number of morpholine rings is 1. The van der Waals surface area contributed by atoms with Crippen molar-refractivity contribution in [1.29, 1.82) is 0 Å². The highest BCUT2D eigenvalue weighted by Crippen LogP contribution is 2.10. The van der Waals surface area contributed by atoms with Crippen LogP contribution in [0.5, 0.6) is 0 Å². The number of nitrogens with one attached hydrogen (secondary N) is 2. The molecule has 2 N–H and O–H groups in total. The van der Waals surface area contributed by atoms with Crippen LogP contribution in [0.1, 0.15) is 26.2 Å². The van der Waals surface area contributed by atoms with Crippen LogP contribution in [0.3, 0.4) is 0 Å². The molecule has 2 heterocycles. The van der Waals surface area contributed by atoms with E-state index < -0.39 is 0 Å². The molecule has 0 bridgehead atoms. The lowest BCUT2D eigenvalue weighted by Gasteiger charge is -2.33. The Morgan fingerprint density at radius 1 is 1.19 bits per heavy atom. The largest absolute Gasteiger partial charge is 0.385 e. The Morgan fingerprint density at radius 3 is 2.58 bits per heavy atom. The summed E-state index contributed by atoms with van der Waals surface area (Å²) < 4.78 is 10.6. The normalized spacial score (nSPS) is 22.3. The van der Waals surface area contributed by atoms with Crippen molar-refractivity contribution < 1.29 is 9.47 Å². The van der Waals surface area contributed by atoms with Gasteiger partial charge in [-0.2, -0.15) is 0 Å². The van der Waals surface area contributed by atoms with Gasteiger partial charge in [-0.05, 0) is 25.2 Å². The zero-order chi connectivity index (χ0) is 18.6. The summed E-state index contributed by atoms with van der Waals surface area (Å²) in [4.78, 5) is 9.44. The van der Waals surface area contributed by atoms with Crippen LogP contribution in [0.2, 0.25) is 0 Å². The van der Waals surface area contributed by atoms with Gasteiger partial charge in [-0.1, -0.05) is 6.92 Å². The molecule has 7 heteroatoms. The second-order valence-electron chi connectivity index (χ2n) is 7.58. The fourth-order valence-corrected chi connectivity index (χ4v) is 3.68. The number of methoxy groups -OCH3 is 1. The van der Waals surface area contributed by atoms with Crippen LogP contribution >= 0.6 is 0 Å². The maximum atomic E-state index is 5.42. The molecule has 0 spiro atoms. The van der Waals surface area contributed by atoms with Gasteiger partial charge in [0.05, 0.1) is 13.2 Å². The lowest BCUT2D eigenvalue weighted by atomic mass is 10.1. The van der Waals surface area contributed by atoms with E-state index in [1.165, 1.54) is 12.8 Å². The molecule has 2 saturated heterocycles. The molecule has 2 fully saturated rings. The second-order valence-corrected chi connectivity index (χ2v) is 7.58. The molecular formula is C19H39N5O2. The van der Waals surface area contributed by atoms with Crippen LogP contribution in [0.4, 0.5) is 0 Å². The average Bonchev–Trinajstić information content (AvgIpc) is 2.67. The van der Waals surface area contributed by atoms with Crippen molar-refractivity contribution in [2.24, 2.45) is 10.9 Å². The molecule has 1 unspecified atom stereocenters. The fourth-order valence-electron chi connectivity index (χ4n) is 3.68. The van der Waals surface area contributed by atoms with Crippen molar-refractivity contribution in [3.05, 3.63) is 0 Å². The van der Waals surface area contributed by atoms with Gasteiger partial charge in [-0.3, -0.25) is 9.89 Å². The first kappa shape index (κ1) is 21.4. The molecular weight excluding hydrogens is 330 g/mol. The Kier molecular flexibility index (Phi) is 10.3. The topological polar surface area (TPSA) is 61.4 Å². The number of aliphatic imine (C=N–C) groups is 1. The smallest absolute Gasteiger partial charge is 0.191 e. The van der Waals surface area contributed by atoms with Gasteiger partial charge in [-0.15, -0.1) is 0 Å². The summed E-state index contributed by atoms with van der Waals surface area (Å²) in [5.41, 5.74) is 0. The van der Waals surface area contributed by atoms with Crippen LogP contribution in [-0.4, -0.2) is 102 Å². The summed E-state index contributed by atoms with van der Waals surface area (Å²) in [6, 6.07) is 0.523. The summed E-state index contributed by atoms with van der Waals surface area (Å²) in [6.45, 7) is 12.5. The summed E-state index contributed by atoms with van der Waals surface area (Å²) in [7, 11) is 3.64. The van der Waals surface area contributed by atoms with Gasteiger partial charge < -0.3 is 25.0 Å². The van der Waals surface area contributed by atoms with E-state index in [1.807, 2.05) is 7.05 Å². The van der Waals surface area contributed by atoms with E-state index in [1.54, 1.807) is 7.11 Å². The van der Waals surface area contributed by atoms with Gasteiger partial charge in [-0.25, -0.2) is 0 Å². The van der Waals surface area contributed by atoms with Crippen LogP contribution in [0.25, 0.3) is 0 Å². The standard InChI is InChI=1S/C19H39N5O2/c1-17(16-24-10-13-26-14-11-24)15-21-19(20-2)22-18-5-8-23(9-6-18)7-4-12-25-3/h17-18H,4-16H2,1-3H3,(H2,20,21,22). The number of nitrogens with zero attached hydrogens (tertiary/aromatic N) is 3. The number of guanidine groups is 1. The maximum absolute atomic E-state index is 5.42. The Morgan fingerprint density at radius 2 is 1.92 bits per heavy atom. The van der Waals surface area contributed by atoms with Gasteiger partial charge in [0.25, 0.3) is 0 Å². The highest BCUT2D eigenvalue weighted by molar-refractivity contribution is 5.79. The Bertz CT molecular complexity index is 393. The van der Waals surface area contributed by atoms with E-state index in [-0.39, 0.29) is 0 Å². The van der Waals surface area contributed by atoms with Gasteiger partial charge >= 0.3 is 0 Å². The van der Waals surface area contributed by atoms with E-state index in [4.69, 9.17) is 9.47 Å². The maximum Gasteiger partial charge on any atom is 0.191 e. The molecule has 2 aliphatic rings. The Balaban J connectivity index is 1.60. The zero-order valence-electron chi connectivity index (χ0n) is 17.0. The number of piperidine rings is 1. The molecule has 2 rings (SSSR count). The minimum Gasteiger partial charge on any atom is -0.385 e. The first-order valence-electron chi connectivity index (χ1n) is 10.2. The first-order valence-corrected chi connectivity index (χ1v) is 10.2. The Labute approximate surface area is 159 Å². The summed E-state index contributed by atoms with van der Waals surface area (Å²) in [5, 5.41) is 7.12. The third-order valence-electron chi connectivity index (χ3n) is 5.27. The van der Waals surface area contributed by atoms with Gasteiger partial charge in [0.15, 0.2) is 5.96 Å².